The molecule has 1 aromatic carbocycles. The highest BCUT2D eigenvalue weighted by atomic mass is 16.2. The lowest BCUT2D eigenvalue weighted by Gasteiger charge is -2.38. The normalized spacial score (nSPS) is 22.6. The lowest BCUT2D eigenvalue weighted by molar-refractivity contribution is -0.143. The number of benzene rings is 1. The molecule has 1 saturated heterocycles. The summed E-state index contributed by atoms with van der Waals surface area (Å²) in [7, 11) is 0. The molecule has 0 aromatic heterocycles. The van der Waals surface area contributed by atoms with Crippen LogP contribution in [0.1, 0.15) is 38.2 Å². The van der Waals surface area contributed by atoms with E-state index in [0.717, 1.165) is 51.9 Å². The Morgan fingerprint density at radius 1 is 1.38 bits per heavy atom. The second kappa shape index (κ2) is 7.36. The molecule has 2 fully saturated rings. The van der Waals surface area contributed by atoms with Crippen LogP contribution in [-0.2, 0) is 11.3 Å². The zero-order valence-corrected chi connectivity index (χ0v) is 14.6. The topological polar surface area (TPSA) is 47.3 Å². The molecule has 1 aliphatic heterocycles. The van der Waals surface area contributed by atoms with E-state index in [-0.39, 0.29) is 5.91 Å². The summed E-state index contributed by atoms with van der Waals surface area (Å²) >= 11 is 0. The van der Waals surface area contributed by atoms with Crippen LogP contribution in [0.3, 0.4) is 0 Å². The molecular formula is C20H27N3O. The molecular weight excluding hydrogens is 298 g/mol. The fraction of sp³-hybridized carbons (Fsp3) is 0.600. The van der Waals surface area contributed by atoms with Gasteiger partial charge < -0.3 is 4.90 Å². The number of carbonyl (C=O) groups is 1. The van der Waals surface area contributed by atoms with E-state index in [2.05, 4.69) is 35.2 Å². The van der Waals surface area contributed by atoms with Gasteiger partial charge in [0.25, 0.3) is 0 Å². The summed E-state index contributed by atoms with van der Waals surface area (Å²) in [6.07, 6.45) is 3.62. The minimum absolute atomic E-state index is 0.0697. The Labute approximate surface area is 145 Å². The van der Waals surface area contributed by atoms with E-state index in [9.17, 15) is 10.1 Å². The summed E-state index contributed by atoms with van der Waals surface area (Å²) in [4.78, 5) is 17.2. The summed E-state index contributed by atoms with van der Waals surface area (Å²) in [6, 6.07) is 12.8. The zero-order valence-electron chi connectivity index (χ0n) is 14.6. The van der Waals surface area contributed by atoms with Gasteiger partial charge in [0.15, 0.2) is 0 Å². The largest absolute Gasteiger partial charge is 0.341 e. The van der Waals surface area contributed by atoms with Crippen molar-refractivity contribution < 1.29 is 4.79 Å². The maximum Gasteiger partial charge on any atom is 0.243 e. The highest BCUT2D eigenvalue weighted by Gasteiger charge is 2.47. The molecule has 4 nitrogen and oxygen atoms in total. The zero-order chi connectivity index (χ0) is 17.0. The molecule has 0 radical (unpaired) electrons. The number of amides is 1. The van der Waals surface area contributed by atoms with Gasteiger partial charge in [-0.05, 0) is 50.6 Å². The van der Waals surface area contributed by atoms with Crippen molar-refractivity contribution in [2.45, 2.75) is 39.2 Å². The van der Waals surface area contributed by atoms with Crippen LogP contribution in [0.25, 0.3) is 0 Å². The first kappa shape index (κ1) is 17.0. The quantitative estimate of drug-likeness (QED) is 0.807. The van der Waals surface area contributed by atoms with Crippen LogP contribution in [0, 0.1) is 22.7 Å². The maximum absolute atomic E-state index is 12.8. The van der Waals surface area contributed by atoms with Crippen LogP contribution in [0.2, 0.25) is 0 Å². The van der Waals surface area contributed by atoms with E-state index >= 15 is 0 Å². The molecule has 3 rings (SSSR count). The molecule has 1 aliphatic carbocycles. The minimum Gasteiger partial charge on any atom is -0.341 e. The number of rotatable bonds is 6. The van der Waals surface area contributed by atoms with Crippen molar-refractivity contribution in [3.8, 4) is 6.07 Å². The van der Waals surface area contributed by atoms with Gasteiger partial charge in [-0.1, -0.05) is 30.3 Å². The Hall–Kier alpha value is -1.86. The number of likely N-dealkylation sites (tertiary alicyclic amines) is 1. The van der Waals surface area contributed by atoms with Crippen LogP contribution >= 0.6 is 0 Å². The monoisotopic (exact) mass is 325 g/mol. The van der Waals surface area contributed by atoms with Gasteiger partial charge in [-0.15, -0.1) is 0 Å². The van der Waals surface area contributed by atoms with Gasteiger partial charge in [-0.3, -0.25) is 9.69 Å². The number of hydrogen-bond donors (Lipinski definition) is 0. The third-order valence-electron chi connectivity index (χ3n) is 5.60. The van der Waals surface area contributed by atoms with Crippen LogP contribution in [-0.4, -0.2) is 41.9 Å². The highest BCUT2D eigenvalue weighted by molar-refractivity contribution is 5.86. The van der Waals surface area contributed by atoms with E-state index in [4.69, 9.17) is 0 Å². The smallest absolute Gasteiger partial charge is 0.243 e. The Morgan fingerprint density at radius 3 is 2.71 bits per heavy atom. The van der Waals surface area contributed by atoms with Crippen molar-refractivity contribution in [3.63, 3.8) is 0 Å². The number of nitriles is 1. The van der Waals surface area contributed by atoms with Crippen LogP contribution in [0.15, 0.2) is 30.3 Å². The molecule has 0 bridgehead atoms. The first-order valence-corrected chi connectivity index (χ1v) is 9.14. The fourth-order valence-corrected chi connectivity index (χ4v) is 3.92. The summed E-state index contributed by atoms with van der Waals surface area (Å²) in [5.74, 6) is 0.591. The van der Waals surface area contributed by atoms with Crippen LogP contribution in [0.5, 0.6) is 0 Å². The van der Waals surface area contributed by atoms with Gasteiger partial charge in [0.05, 0.1) is 6.07 Å². The lowest BCUT2D eigenvalue weighted by atomic mass is 9.69. The Balaban J connectivity index is 1.54. The van der Waals surface area contributed by atoms with Gasteiger partial charge in [-0.2, -0.15) is 5.26 Å². The van der Waals surface area contributed by atoms with Gasteiger partial charge in [0, 0.05) is 26.2 Å². The summed E-state index contributed by atoms with van der Waals surface area (Å²) in [6.45, 7) is 6.65. The highest BCUT2D eigenvalue weighted by Crippen LogP contribution is 2.42. The van der Waals surface area contributed by atoms with E-state index < -0.39 is 5.41 Å². The summed E-state index contributed by atoms with van der Waals surface area (Å²) in [5, 5.41) is 9.41. The predicted molar refractivity (Wildman–Crippen MR) is 94.0 cm³/mol. The summed E-state index contributed by atoms with van der Waals surface area (Å²) < 4.78 is 0. The Morgan fingerprint density at radius 2 is 2.12 bits per heavy atom. The number of hydrogen-bond acceptors (Lipinski definition) is 3. The second-order valence-corrected chi connectivity index (χ2v) is 7.27. The van der Waals surface area contributed by atoms with Gasteiger partial charge in [0.2, 0.25) is 5.91 Å². The molecule has 128 valence electrons. The van der Waals surface area contributed by atoms with Gasteiger partial charge >= 0.3 is 0 Å². The van der Waals surface area contributed by atoms with E-state index in [1.54, 1.807) is 0 Å². The first-order valence-electron chi connectivity index (χ1n) is 9.14. The van der Waals surface area contributed by atoms with E-state index in [1.165, 1.54) is 5.56 Å². The molecule has 1 atom stereocenters. The third-order valence-corrected chi connectivity index (χ3v) is 5.60. The van der Waals surface area contributed by atoms with Crippen molar-refractivity contribution in [2.75, 3.05) is 26.2 Å². The fourth-order valence-electron chi connectivity index (χ4n) is 3.92. The van der Waals surface area contributed by atoms with Crippen molar-refractivity contribution >= 4 is 5.91 Å². The molecule has 0 unspecified atom stereocenters. The summed E-state index contributed by atoms with van der Waals surface area (Å²) in [5.41, 5.74) is 0.637. The molecule has 1 saturated carbocycles. The molecule has 1 aromatic rings. The van der Waals surface area contributed by atoms with Crippen LogP contribution < -0.4 is 0 Å². The van der Waals surface area contributed by atoms with Crippen molar-refractivity contribution in [1.29, 1.82) is 5.26 Å². The average molecular weight is 325 g/mol. The standard InChI is InChI=1S/C20H27N3O/c1-2-23(19(24)20(16-21)10-6-11-20)15-18-9-12-22(14-18)13-17-7-4-3-5-8-17/h3-5,7-8,18H,2,6,9-15H2,1H3/t18-/m0/s1. The molecule has 24 heavy (non-hydrogen) atoms. The molecule has 0 spiro atoms. The number of carbonyl (C=O) groups excluding carboxylic acids is 1. The Bertz CT molecular complexity index is 603. The van der Waals surface area contributed by atoms with Crippen molar-refractivity contribution in [1.82, 2.24) is 9.80 Å². The first-order chi connectivity index (χ1) is 11.7. The maximum atomic E-state index is 12.8. The third kappa shape index (κ3) is 3.47. The molecule has 1 heterocycles. The lowest BCUT2D eigenvalue weighted by Crippen LogP contribution is -2.48. The van der Waals surface area contributed by atoms with Crippen molar-refractivity contribution in [3.05, 3.63) is 35.9 Å². The molecule has 0 N–H and O–H groups in total. The molecule has 1 amide bonds. The Kier molecular flexibility index (Phi) is 5.20. The predicted octanol–water partition coefficient (Wildman–Crippen LogP) is 3.05. The van der Waals surface area contributed by atoms with Crippen LogP contribution in [0.4, 0.5) is 0 Å². The molecule has 4 heteroatoms. The number of nitrogens with zero attached hydrogens (tertiary/aromatic N) is 3. The van der Waals surface area contributed by atoms with Crippen molar-refractivity contribution in [2.24, 2.45) is 11.3 Å². The minimum atomic E-state index is -0.710. The van der Waals surface area contributed by atoms with E-state index in [0.29, 0.717) is 12.5 Å². The average Bonchev–Trinajstić information content (AvgIpc) is 3.00. The molecule has 2 aliphatic rings. The second-order valence-electron chi connectivity index (χ2n) is 7.27. The van der Waals surface area contributed by atoms with Gasteiger partial charge in [0.1, 0.15) is 5.41 Å². The SMILES string of the molecule is CCN(C[C@H]1CCN(Cc2ccccc2)C1)C(=O)C1(C#N)CCC1. The van der Waals surface area contributed by atoms with E-state index in [1.807, 2.05) is 17.9 Å². The van der Waals surface area contributed by atoms with Gasteiger partial charge in [-0.25, -0.2) is 0 Å².